The predicted molar refractivity (Wildman–Crippen MR) is 87.6 cm³/mol. The number of hydrogen-bond acceptors (Lipinski definition) is 2. The first-order valence-electron chi connectivity index (χ1n) is 9.18. The molecule has 2 heterocycles. The summed E-state index contributed by atoms with van der Waals surface area (Å²) in [6.07, 6.45) is 12.6. The molecule has 0 N–H and O–H groups in total. The van der Waals surface area contributed by atoms with E-state index in [1.54, 1.807) is 0 Å². The van der Waals surface area contributed by atoms with Gasteiger partial charge in [0.25, 0.3) is 0 Å². The number of rotatable bonds is 5. The molecule has 3 atom stereocenters. The van der Waals surface area contributed by atoms with Crippen molar-refractivity contribution in [1.29, 1.82) is 0 Å². The molecule has 0 spiro atoms. The molecule has 0 amide bonds. The van der Waals surface area contributed by atoms with Crippen LogP contribution in [-0.4, -0.2) is 34.7 Å². The van der Waals surface area contributed by atoms with E-state index in [0.717, 1.165) is 24.0 Å². The molecule has 3 unspecified atom stereocenters. The topological polar surface area (TPSA) is 6.48 Å². The van der Waals surface area contributed by atoms with Crippen molar-refractivity contribution in [3.05, 3.63) is 0 Å². The molecule has 2 aliphatic rings. The van der Waals surface area contributed by atoms with Gasteiger partial charge in [0.1, 0.15) is 0 Å². The van der Waals surface area contributed by atoms with Crippen molar-refractivity contribution in [2.75, 3.05) is 6.54 Å². The van der Waals surface area contributed by atoms with Crippen LogP contribution < -0.4 is 0 Å². The molecular weight excluding hydrogens is 244 g/mol. The van der Waals surface area contributed by atoms with Gasteiger partial charge in [-0.2, -0.15) is 0 Å². The van der Waals surface area contributed by atoms with Gasteiger partial charge in [-0.05, 0) is 51.4 Å². The zero-order valence-corrected chi connectivity index (χ0v) is 14.3. The molecule has 2 heteroatoms. The molecule has 2 fully saturated rings. The number of nitrogens with zero attached hydrogens (tertiary/aromatic N) is 2. The lowest BCUT2D eigenvalue weighted by molar-refractivity contribution is -0.151. The first-order valence-corrected chi connectivity index (χ1v) is 9.18. The van der Waals surface area contributed by atoms with Crippen molar-refractivity contribution >= 4 is 0 Å². The average molecular weight is 280 g/mol. The highest BCUT2D eigenvalue weighted by molar-refractivity contribution is 4.85. The average Bonchev–Trinajstić information content (AvgIpc) is 2.40. The SMILES string of the molecule is CCCC1CCCC(C)N1N1CCCCC1CC(C)C. The van der Waals surface area contributed by atoms with Crippen LogP contribution in [0.2, 0.25) is 0 Å². The summed E-state index contributed by atoms with van der Waals surface area (Å²) < 4.78 is 0. The number of hydrazine groups is 1. The summed E-state index contributed by atoms with van der Waals surface area (Å²) in [6.45, 7) is 10.9. The molecule has 20 heavy (non-hydrogen) atoms. The Morgan fingerprint density at radius 3 is 2.45 bits per heavy atom. The van der Waals surface area contributed by atoms with Crippen LogP contribution in [0.15, 0.2) is 0 Å². The minimum atomic E-state index is 0.757. The Kier molecular flexibility index (Phi) is 6.35. The monoisotopic (exact) mass is 280 g/mol. The van der Waals surface area contributed by atoms with E-state index in [-0.39, 0.29) is 0 Å². The van der Waals surface area contributed by atoms with Gasteiger partial charge < -0.3 is 0 Å². The van der Waals surface area contributed by atoms with Crippen LogP contribution in [0, 0.1) is 5.92 Å². The molecule has 118 valence electrons. The molecule has 0 saturated carbocycles. The van der Waals surface area contributed by atoms with Gasteiger partial charge in [-0.15, -0.1) is 0 Å². The van der Waals surface area contributed by atoms with Gasteiger partial charge in [-0.3, -0.25) is 0 Å². The van der Waals surface area contributed by atoms with E-state index in [4.69, 9.17) is 0 Å². The first kappa shape index (κ1) is 16.3. The molecule has 0 aromatic carbocycles. The lowest BCUT2D eigenvalue weighted by Gasteiger charge is -2.52. The van der Waals surface area contributed by atoms with Crippen LogP contribution in [0.4, 0.5) is 0 Å². The molecule has 2 nitrogen and oxygen atoms in total. The summed E-state index contributed by atoms with van der Waals surface area (Å²) in [6, 6.07) is 2.38. The van der Waals surface area contributed by atoms with Crippen molar-refractivity contribution in [2.45, 2.75) is 104 Å². The van der Waals surface area contributed by atoms with Crippen LogP contribution in [0.1, 0.15) is 85.5 Å². The lowest BCUT2D eigenvalue weighted by atomic mass is 9.92. The minimum absolute atomic E-state index is 0.757. The quantitative estimate of drug-likeness (QED) is 0.710. The molecule has 0 aromatic rings. The van der Waals surface area contributed by atoms with E-state index < -0.39 is 0 Å². The fourth-order valence-corrected chi connectivity index (χ4v) is 4.42. The van der Waals surface area contributed by atoms with E-state index in [1.807, 2.05) is 0 Å². The van der Waals surface area contributed by atoms with Gasteiger partial charge in [0.15, 0.2) is 0 Å². The Morgan fingerprint density at radius 1 is 1.00 bits per heavy atom. The van der Waals surface area contributed by atoms with Gasteiger partial charge in [0.05, 0.1) is 0 Å². The molecule has 2 aliphatic heterocycles. The summed E-state index contributed by atoms with van der Waals surface area (Å²) in [5.74, 6) is 0.824. The van der Waals surface area contributed by atoms with Crippen molar-refractivity contribution in [1.82, 2.24) is 10.0 Å². The summed E-state index contributed by atoms with van der Waals surface area (Å²) in [7, 11) is 0. The van der Waals surface area contributed by atoms with Crippen molar-refractivity contribution in [3.63, 3.8) is 0 Å². The number of hydrogen-bond donors (Lipinski definition) is 0. The molecule has 2 rings (SSSR count). The van der Waals surface area contributed by atoms with Crippen molar-refractivity contribution in [3.8, 4) is 0 Å². The first-order chi connectivity index (χ1) is 9.63. The van der Waals surface area contributed by atoms with Crippen LogP contribution in [0.5, 0.6) is 0 Å². The third-order valence-corrected chi connectivity index (χ3v) is 5.24. The molecular formula is C18H36N2. The maximum atomic E-state index is 2.83. The van der Waals surface area contributed by atoms with Crippen LogP contribution >= 0.6 is 0 Å². The van der Waals surface area contributed by atoms with Crippen LogP contribution in [0.25, 0.3) is 0 Å². The van der Waals surface area contributed by atoms with E-state index in [2.05, 4.69) is 37.7 Å². The van der Waals surface area contributed by atoms with Crippen LogP contribution in [-0.2, 0) is 0 Å². The standard InChI is InChI=1S/C18H36N2/c1-5-9-17-12-8-10-16(4)20(17)19-13-7-6-11-18(19)14-15(2)3/h15-18H,5-14H2,1-4H3. The largest absolute Gasteiger partial charge is 0.238 e. The third kappa shape index (κ3) is 3.98. The van der Waals surface area contributed by atoms with E-state index in [1.165, 1.54) is 64.3 Å². The number of piperidine rings is 2. The van der Waals surface area contributed by atoms with Crippen molar-refractivity contribution in [2.24, 2.45) is 5.92 Å². The lowest BCUT2D eigenvalue weighted by Crippen LogP contribution is -2.60. The second kappa shape index (κ2) is 7.79. The van der Waals surface area contributed by atoms with Gasteiger partial charge in [-0.25, -0.2) is 10.0 Å². The van der Waals surface area contributed by atoms with Crippen LogP contribution in [0.3, 0.4) is 0 Å². The highest BCUT2D eigenvalue weighted by atomic mass is 15.7. The highest BCUT2D eigenvalue weighted by Crippen LogP contribution is 2.33. The van der Waals surface area contributed by atoms with Gasteiger partial charge in [0, 0.05) is 24.7 Å². The normalized spacial score (nSPS) is 33.8. The zero-order chi connectivity index (χ0) is 14.5. The Morgan fingerprint density at radius 2 is 1.75 bits per heavy atom. The fraction of sp³-hybridized carbons (Fsp3) is 1.00. The Hall–Kier alpha value is -0.0800. The summed E-state index contributed by atoms with van der Waals surface area (Å²) in [5.41, 5.74) is 0. The highest BCUT2D eigenvalue weighted by Gasteiger charge is 2.36. The minimum Gasteiger partial charge on any atom is -0.238 e. The maximum Gasteiger partial charge on any atom is 0.0248 e. The van der Waals surface area contributed by atoms with E-state index >= 15 is 0 Å². The molecule has 0 radical (unpaired) electrons. The third-order valence-electron chi connectivity index (χ3n) is 5.24. The van der Waals surface area contributed by atoms with Gasteiger partial charge in [-0.1, -0.05) is 40.0 Å². The second-order valence-electron chi connectivity index (χ2n) is 7.54. The molecule has 0 aromatic heterocycles. The smallest absolute Gasteiger partial charge is 0.0248 e. The van der Waals surface area contributed by atoms with Gasteiger partial charge in [0.2, 0.25) is 0 Å². The van der Waals surface area contributed by atoms with E-state index in [9.17, 15) is 0 Å². The predicted octanol–water partition coefficient (Wildman–Crippen LogP) is 4.85. The fourth-order valence-electron chi connectivity index (χ4n) is 4.42. The second-order valence-corrected chi connectivity index (χ2v) is 7.54. The van der Waals surface area contributed by atoms with Crippen molar-refractivity contribution < 1.29 is 0 Å². The molecule has 2 saturated heterocycles. The summed E-state index contributed by atoms with van der Waals surface area (Å²) in [5, 5.41) is 5.65. The summed E-state index contributed by atoms with van der Waals surface area (Å²) >= 11 is 0. The molecule has 0 aliphatic carbocycles. The van der Waals surface area contributed by atoms with E-state index in [0.29, 0.717) is 0 Å². The summed E-state index contributed by atoms with van der Waals surface area (Å²) in [4.78, 5) is 0. The Bertz CT molecular complexity index is 275. The Labute approximate surface area is 126 Å². The Balaban J connectivity index is 2.09. The molecule has 0 bridgehead atoms. The maximum absolute atomic E-state index is 2.83. The van der Waals surface area contributed by atoms with Gasteiger partial charge >= 0.3 is 0 Å². The zero-order valence-electron chi connectivity index (χ0n) is 14.3.